The van der Waals surface area contributed by atoms with Gasteiger partial charge in [0.1, 0.15) is 0 Å². The van der Waals surface area contributed by atoms with Gasteiger partial charge in [-0.3, -0.25) is 4.99 Å². The molecule has 0 atom stereocenters. The Bertz CT molecular complexity index is 134. The van der Waals surface area contributed by atoms with Crippen LogP contribution in [0.2, 0.25) is 0 Å². The first-order valence-electron chi connectivity index (χ1n) is 4.09. The Labute approximate surface area is 74.4 Å². The summed E-state index contributed by atoms with van der Waals surface area (Å²) in [5, 5.41) is 0. The summed E-state index contributed by atoms with van der Waals surface area (Å²) < 4.78 is 4.84. The molecule has 0 saturated heterocycles. The lowest BCUT2D eigenvalue weighted by molar-refractivity contribution is 0.208. The summed E-state index contributed by atoms with van der Waals surface area (Å²) in [4.78, 5) is 6.21. The molecule has 0 aliphatic carbocycles. The van der Waals surface area contributed by atoms with Crippen LogP contribution in [-0.4, -0.2) is 51.6 Å². The zero-order valence-corrected chi connectivity index (χ0v) is 8.21. The van der Waals surface area contributed by atoms with E-state index in [4.69, 9.17) is 10.5 Å². The second-order valence-electron chi connectivity index (χ2n) is 2.92. The van der Waals surface area contributed by atoms with Gasteiger partial charge in [-0.25, -0.2) is 0 Å². The summed E-state index contributed by atoms with van der Waals surface area (Å²) in [6.07, 6.45) is 0.830. The molecule has 0 aromatic rings. The number of hydrogen-bond donors (Lipinski definition) is 1. The summed E-state index contributed by atoms with van der Waals surface area (Å²) in [5.74, 6) is 0.709. The van der Waals surface area contributed by atoms with Crippen LogP contribution in [0.3, 0.4) is 0 Å². The van der Waals surface area contributed by atoms with Crippen LogP contribution in [0.1, 0.15) is 6.42 Å². The Kier molecular flexibility index (Phi) is 6.70. The maximum absolute atomic E-state index is 5.63. The van der Waals surface area contributed by atoms with Crippen molar-refractivity contribution in [2.45, 2.75) is 6.42 Å². The summed E-state index contributed by atoms with van der Waals surface area (Å²) in [5.41, 5.74) is 5.63. The van der Waals surface area contributed by atoms with Gasteiger partial charge in [-0.1, -0.05) is 0 Å². The highest BCUT2D eigenvalue weighted by molar-refractivity contribution is 5.80. The van der Waals surface area contributed by atoms with Gasteiger partial charge in [-0.15, -0.1) is 0 Å². The first kappa shape index (κ1) is 11.4. The summed E-state index contributed by atoms with van der Waals surface area (Å²) in [6.45, 7) is 2.25. The lowest BCUT2D eigenvalue weighted by Crippen LogP contribution is -2.22. The highest BCUT2D eigenvalue weighted by Gasteiger charge is 1.93. The van der Waals surface area contributed by atoms with Crippen molar-refractivity contribution in [1.82, 2.24) is 4.90 Å². The zero-order chi connectivity index (χ0) is 9.40. The molecule has 0 aromatic heterocycles. The van der Waals surface area contributed by atoms with Crippen LogP contribution in [-0.2, 0) is 4.74 Å². The standard InChI is InChI=1S/C8H19N3O/c1-11(2)6-4-8(9)10-5-7-12-3/h4-7H2,1-3H3,(H2,9,10). The van der Waals surface area contributed by atoms with Gasteiger partial charge in [0, 0.05) is 20.1 Å². The molecule has 0 saturated carbocycles. The van der Waals surface area contributed by atoms with Gasteiger partial charge in [-0.2, -0.15) is 0 Å². The normalized spacial score (nSPS) is 12.5. The van der Waals surface area contributed by atoms with E-state index in [0.29, 0.717) is 19.0 Å². The lowest BCUT2D eigenvalue weighted by atomic mass is 10.4. The fraction of sp³-hybridized carbons (Fsp3) is 0.875. The van der Waals surface area contributed by atoms with Crippen LogP contribution in [0.4, 0.5) is 0 Å². The average molecular weight is 173 g/mol. The number of hydrogen-bond acceptors (Lipinski definition) is 3. The highest BCUT2D eigenvalue weighted by atomic mass is 16.5. The van der Waals surface area contributed by atoms with E-state index in [-0.39, 0.29) is 0 Å². The Morgan fingerprint density at radius 1 is 1.50 bits per heavy atom. The SMILES string of the molecule is COCCN=C(N)CCN(C)C. The maximum atomic E-state index is 5.63. The van der Waals surface area contributed by atoms with Crippen LogP contribution in [0.5, 0.6) is 0 Å². The van der Waals surface area contributed by atoms with Crippen LogP contribution in [0.25, 0.3) is 0 Å². The van der Waals surface area contributed by atoms with Crippen LogP contribution >= 0.6 is 0 Å². The number of nitrogens with zero attached hydrogens (tertiary/aromatic N) is 2. The van der Waals surface area contributed by atoms with E-state index in [1.54, 1.807) is 7.11 Å². The highest BCUT2D eigenvalue weighted by Crippen LogP contribution is 1.84. The maximum Gasteiger partial charge on any atom is 0.0950 e. The second kappa shape index (κ2) is 7.06. The first-order valence-corrected chi connectivity index (χ1v) is 4.09. The van der Waals surface area contributed by atoms with Gasteiger partial charge < -0.3 is 15.4 Å². The predicted molar refractivity (Wildman–Crippen MR) is 51.5 cm³/mol. The lowest BCUT2D eigenvalue weighted by Gasteiger charge is -2.08. The molecular formula is C8H19N3O. The molecule has 0 bridgehead atoms. The van der Waals surface area contributed by atoms with Crippen molar-refractivity contribution in [3.63, 3.8) is 0 Å². The van der Waals surface area contributed by atoms with Gasteiger partial charge in [0.15, 0.2) is 0 Å². The molecule has 4 nitrogen and oxygen atoms in total. The van der Waals surface area contributed by atoms with E-state index in [1.807, 2.05) is 14.1 Å². The van der Waals surface area contributed by atoms with Crippen LogP contribution < -0.4 is 5.73 Å². The number of aliphatic imine (C=N–C) groups is 1. The predicted octanol–water partition coefficient (Wildman–Crippen LogP) is -0.0583. The van der Waals surface area contributed by atoms with Gasteiger partial charge >= 0.3 is 0 Å². The van der Waals surface area contributed by atoms with E-state index < -0.39 is 0 Å². The van der Waals surface area contributed by atoms with Crippen LogP contribution in [0.15, 0.2) is 4.99 Å². The topological polar surface area (TPSA) is 50.9 Å². The molecule has 0 aromatic carbocycles. The molecule has 0 unspecified atom stereocenters. The molecule has 0 aliphatic rings. The Balaban J connectivity index is 3.42. The quantitative estimate of drug-likeness (QED) is 0.348. The van der Waals surface area contributed by atoms with Crippen molar-refractivity contribution in [3.05, 3.63) is 0 Å². The molecule has 0 spiro atoms. The van der Waals surface area contributed by atoms with Gasteiger partial charge in [0.05, 0.1) is 19.0 Å². The number of methoxy groups -OCH3 is 1. The minimum atomic E-state index is 0.642. The molecule has 0 amide bonds. The largest absolute Gasteiger partial charge is 0.387 e. The van der Waals surface area contributed by atoms with E-state index in [0.717, 1.165) is 13.0 Å². The van der Waals surface area contributed by atoms with Crippen molar-refractivity contribution in [2.75, 3.05) is 40.9 Å². The smallest absolute Gasteiger partial charge is 0.0950 e. The van der Waals surface area contributed by atoms with E-state index >= 15 is 0 Å². The summed E-state index contributed by atoms with van der Waals surface area (Å²) in [7, 11) is 5.69. The Hall–Kier alpha value is -0.610. The number of ether oxygens (including phenoxy) is 1. The molecule has 2 N–H and O–H groups in total. The monoisotopic (exact) mass is 173 g/mol. The van der Waals surface area contributed by atoms with Crippen molar-refractivity contribution < 1.29 is 4.74 Å². The summed E-state index contributed by atoms with van der Waals surface area (Å²) >= 11 is 0. The average Bonchev–Trinajstić information content (AvgIpc) is 2.01. The molecule has 72 valence electrons. The van der Waals surface area contributed by atoms with Gasteiger partial charge in [0.2, 0.25) is 0 Å². The minimum Gasteiger partial charge on any atom is -0.387 e. The van der Waals surface area contributed by atoms with Crippen molar-refractivity contribution >= 4 is 5.84 Å². The molecule has 0 rings (SSSR count). The van der Waals surface area contributed by atoms with E-state index in [9.17, 15) is 0 Å². The summed E-state index contributed by atoms with van der Waals surface area (Å²) in [6, 6.07) is 0. The number of rotatable bonds is 6. The minimum absolute atomic E-state index is 0.642. The van der Waals surface area contributed by atoms with Crippen molar-refractivity contribution in [2.24, 2.45) is 10.7 Å². The molecule has 0 heterocycles. The fourth-order valence-electron chi connectivity index (χ4n) is 0.698. The molecule has 0 fully saturated rings. The number of nitrogens with two attached hydrogens (primary N) is 1. The third-order valence-electron chi connectivity index (χ3n) is 1.43. The molecule has 4 heteroatoms. The molecular weight excluding hydrogens is 154 g/mol. The second-order valence-corrected chi connectivity index (χ2v) is 2.92. The fourth-order valence-corrected chi connectivity index (χ4v) is 0.698. The number of amidine groups is 1. The van der Waals surface area contributed by atoms with E-state index in [1.165, 1.54) is 0 Å². The first-order chi connectivity index (χ1) is 5.66. The Morgan fingerprint density at radius 3 is 2.67 bits per heavy atom. The molecule has 0 aliphatic heterocycles. The van der Waals surface area contributed by atoms with Gasteiger partial charge in [0.25, 0.3) is 0 Å². The Morgan fingerprint density at radius 2 is 2.17 bits per heavy atom. The van der Waals surface area contributed by atoms with E-state index in [2.05, 4.69) is 9.89 Å². The third kappa shape index (κ3) is 7.50. The van der Waals surface area contributed by atoms with Crippen LogP contribution in [0, 0.1) is 0 Å². The van der Waals surface area contributed by atoms with Crippen molar-refractivity contribution in [1.29, 1.82) is 0 Å². The van der Waals surface area contributed by atoms with Gasteiger partial charge in [-0.05, 0) is 14.1 Å². The van der Waals surface area contributed by atoms with Crippen molar-refractivity contribution in [3.8, 4) is 0 Å². The third-order valence-corrected chi connectivity index (χ3v) is 1.43. The molecule has 0 radical (unpaired) electrons. The zero-order valence-electron chi connectivity index (χ0n) is 8.21. The molecule has 12 heavy (non-hydrogen) atoms.